The van der Waals surface area contributed by atoms with E-state index in [1.165, 1.54) is 12.8 Å². The second kappa shape index (κ2) is 6.71. The first-order valence-corrected chi connectivity index (χ1v) is 7.89. The predicted molar refractivity (Wildman–Crippen MR) is 80.5 cm³/mol. The lowest BCUT2D eigenvalue weighted by Crippen LogP contribution is -2.38. The van der Waals surface area contributed by atoms with Gasteiger partial charge in [-0.25, -0.2) is 4.98 Å². The highest BCUT2D eigenvalue weighted by molar-refractivity contribution is 9.10. The summed E-state index contributed by atoms with van der Waals surface area (Å²) in [5, 5.41) is 0.281. The first-order valence-electron chi connectivity index (χ1n) is 6.72. The van der Waals surface area contributed by atoms with E-state index in [0.717, 1.165) is 36.3 Å². The molecule has 0 N–H and O–H groups in total. The molecule has 104 valence electrons. The van der Waals surface area contributed by atoms with Crippen LogP contribution in [0.4, 0.5) is 0 Å². The third kappa shape index (κ3) is 3.69. The minimum absolute atomic E-state index is 0.00579. The van der Waals surface area contributed by atoms with Crippen molar-refractivity contribution in [3.05, 3.63) is 27.5 Å². The maximum absolute atomic E-state index is 12.4. The summed E-state index contributed by atoms with van der Waals surface area (Å²) in [5.41, 5.74) is 0.491. The molecule has 0 unspecified atom stereocenters. The van der Waals surface area contributed by atoms with Crippen LogP contribution in [0.2, 0.25) is 5.15 Å². The number of carbonyl (C=O) groups excluding carboxylic acids is 1. The molecule has 1 fully saturated rings. The monoisotopic (exact) mass is 344 g/mol. The molecule has 3 nitrogen and oxygen atoms in total. The molecule has 0 radical (unpaired) electrons. The number of likely N-dealkylation sites (tertiary alicyclic amines) is 1. The summed E-state index contributed by atoms with van der Waals surface area (Å²) in [7, 11) is 0. The smallest absolute Gasteiger partial charge is 0.257 e. The van der Waals surface area contributed by atoms with Gasteiger partial charge in [0, 0.05) is 23.8 Å². The lowest BCUT2D eigenvalue weighted by Gasteiger charge is -2.32. The summed E-state index contributed by atoms with van der Waals surface area (Å²) in [6.45, 7) is 3.86. The van der Waals surface area contributed by atoms with Crippen LogP contribution in [-0.4, -0.2) is 28.9 Å². The fourth-order valence-electron chi connectivity index (χ4n) is 2.58. The summed E-state index contributed by atoms with van der Waals surface area (Å²) >= 11 is 9.34. The zero-order valence-electron chi connectivity index (χ0n) is 11.0. The van der Waals surface area contributed by atoms with Crippen LogP contribution in [0.25, 0.3) is 0 Å². The van der Waals surface area contributed by atoms with E-state index in [-0.39, 0.29) is 11.1 Å². The average molecular weight is 346 g/mol. The van der Waals surface area contributed by atoms with Crippen molar-refractivity contribution >= 4 is 33.4 Å². The van der Waals surface area contributed by atoms with E-state index in [0.29, 0.717) is 5.56 Å². The van der Waals surface area contributed by atoms with E-state index in [9.17, 15) is 4.79 Å². The molecule has 1 aromatic rings. The maximum atomic E-state index is 12.4. The lowest BCUT2D eigenvalue weighted by molar-refractivity contribution is 0.0686. The first-order chi connectivity index (χ1) is 9.11. The lowest BCUT2D eigenvalue weighted by atomic mass is 9.92. The first kappa shape index (κ1) is 14.8. The van der Waals surface area contributed by atoms with Gasteiger partial charge < -0.3 is 4.90 Å². The van der Waals surface area contributed by atoms with Crippen molar-refractivity contribution in [2.24, 2.45) is 5.92 Å². The Morgan fingerprint density at radius 3 is 2.84 bits per heavy atom. The summed E-state index contributed by atoms with van der Waals surface area (Å²) in [6.07, 6.45) is 6.28. The molecule has 1 aromatic heterocycles. The molecule has 19 heavy (non-hydrogen) atoms. The number of amides is 1. The molecule has 0 saturated carbocycles. The molecule has 1 amide bonds. The van der Waals surface area contributed by atoms with E-state index in [4.69, 9.17) is 11.6 Å². The van der Waals surface area contributed by atoms with Gasteiger partial charge in [-0.1, -0.05) is 31.4 Å². The van der Waals surface area contributed by atoms with E-state index in [2.05, 4.69) is 27.8 Å². The molecule has 2 rings (SSSR count). The average Bonchev–Trinajstić information content (AvgIpc) is 2.42. The fraction of sp³-hybridized carbons (Fsp3) is 0.571. The van der Waals surface area contributed by atoms with Gasteiger partial charge in [0.05, 0.1) is 5.56 Å². The van der Waals surface area contributed by atoms with Crippen molar-refractivity contribution < 1.29 is 4.79 Å². The molecular formula is C14H18BrClN2O. The molecule has 1 saturated heterocycles. The predicted octanol–water partition coefficient (Wildman–Crippen LogP) is 4.15. The largest absolute Gasteiger partial charge is 0.339 e. The van der Waals surface area contributed by atoms with Gasteiger partial charge >= 0.3 is 0 Å². The Bertz CT molecular complexity index is 459. The number of pyridine rings is 1. The molecule has 0 spiro atoms. The summed E-state index contributed by atoms with van der Waals surface area (Å²) in [6, 6.07) is 1.75. The van der Waals surface area contributed by atoms with Crippen LogP contribution in [0.3, 0.4) is 0 Å². The minimum atomic E-state index is -0.00579. The highest BCUT2D eigenvalue weighted by Crippen LogP contribution is 2.25. The highest BCUT2D eigenvalue weighted by atomic mass is 79.9. The van der Waals surface area contributed by atoms with Crippen LogP contribution in [-0.2, 0) is 0 Å². The quantitative estimate of drug-likeness (QED) is 0.771. The molecule has 0 atom stereocenters. The fourth-order valence-corrected chi connectivity index (χ4v) is 3.09. The summed E-state index contributed by atoms with van der Waals surface area (Å²) in [5.74, 6) is 0.763. The van der Waals surface area contributed by atoms with Crippen molar-refractivity contribution in [3.63, 3.8) is 0 Å². The Balaban J connectivity index is 2.03. The Labute approximate surface area is 127 Å². The standard InChI is InChI=1S/C14H18BrClN2O/c1-2-3-10-4-6-18(7-5-10)14(19)12-8-11(15)9-17-13(12)16/h8-10H,2-7H2,1H3. The van der Waals surface area contributed by atoms with Crippen LogP contribution >= 0.6 is 27.5 Å². The van der Waals surface area contributed by atoms with Crippen LogP contribution in [0, 0.1) is 5.92 Å². The zero-order chi connectivity index (χ0) is 13.8. The molecule has 1 aliphatic heterocycles. The van der Waals surface area contributed by atoms with Crippen LogP contribution in [0.5, 0.6) is 0 Å². The zero-order valence-corrected chi connectivity index (χ0v) is 13.4. The molecule has 0 aliphatic carbocycles. The molecular weight excluding hydrogens is 328 g/mol. The SMILES string of the molecule is CCCC1CCN(C(=O)c2cc(Br)cnc2Cl)CC1. The summed E-state index contributed by atoms with van der Waals surface area (Å²) in [4.78, 5) is 18.3. The number of halogens is 2. The van der Waals surface area contributed by atoms with Crippen LogP contribution in [0.1, 0.15) is 43.0 Å². The third-order valence-electron chi connectivity index (χ3n) is 3.63. The Morgan fingerprint density at radius 2 is 2.21 bits per heavy atom. The number of hydrogen-bond acceptors (Lipinski definition) is 2. The van der Waals surface area contributed by atoms with Crippen molar-refractivity contribution in [2.45, 2.75) is 32.6 Å². The van der Waals surface area contributed by atoms with E-state index >= 15 is 0 Å². The second-order valence-corrected chi connectivity index (χ2v) is 6.29. The van der Waals surface area contributed by atoms with Crippen molar-refractivity contribution in [2.75, 3.05) is 13.1 Å². The maximum Gasteiger partial charge on any atom is 0.257 e. The van der Waals surface area contributed by atoms with Crippen molar-refractivity contribution in [3.8, 4) is 0 Å². The van der Waals surface area contributed by atoms with Gasteiger partial charge in [0.15, 0.2) is 0 Å². The number of rotatable bonds is 3. The summed E-state index contributed by atoms with van der Waals surface area (Å²) < 4.78 is 0.779. The van der Waals surface area contributed by atoms with Crippen molar-refractivity contribution in [1.82, 2.24) is 9.88 Å². The molecule has 5 heteroatoms. The molecule has 0 aromatic carbocycles. The minimum Gasteiger partial charge on any atom is -0.339 e. The van der Waals surface area contributed by atoms with Crippen LogP contribution in [0.15, 0.2) is 16.7 Å². The Hall–Kier alpha value is -0.610. The van der Waals surface area contributed by atoms with E-state index in [1.807, 2.05) is 4.90 Å². The number of hydrogen-bond donors (Lipinski definition) is 0. The van der Waals surface area contributed by atoms with Gasteiger partial charge in [0.25, 0.3) is 5.91 Å². The number of piperidine rings is 1. The Kier molecular flexibility index (Phi) is 5.22. The normalized spacial score (nSPS) is 16.7. The number of nitrogens with zero attached hydrogens (tertiary/aromatic N) is 2. The topological polar surface area (TPSA) is 33.2 Å². The molecule has 1 aliphatic rings. The number of aromatic nitrogens is 1. The third-order valence-corrected chi connectivity index (χ3v) is 4.37. The second-order valence-electron chi connectivity index (χ2n) is 5.02. The Morgan fingerprint density at radius 1 is 1.53 bits per heavy atom. The molecule has 0 bridgehead atoms. The van der Waals surface area contributed by atoms with Crippen molar-refractivity contribution in [1.29, 1.82) is 0 Å². The van der Waals surface area contributed by atoms with Gasteiger partial charge in [-0.2, -0.15) is 0 Å². The molecule has 2 heterocycles. The van der Waals surface area contributed by atoms with Crippen LogP contribution < -0.4 is 0 Å². The van der Waals surface area contributed by atoms with Gasteiger partial charge in [0.2, 0.25) is 0 Å². The van der Waals surface area contributed by atoms with Gasteiger partial charge in [-0.15, -0.1) is 0 Å². The van der Waals surface area contributed by atoms with Gasteiger partial charge in [-0.3, -0.25) is 4.79 Å². The number of carbonyl (C=O) groups is 1. The highest BCUT2D eigenvalue weighted by Gasteiger charge is 2.24. The van der Waals surface area contributed by atoms with E-state index in [1.54, 1.807) is 12.3 Å². The van der Waals surface area contributed by atoms with E-state index < -0.39 is 0 Å². The van der Waals surface area contributed by atoms with Gasteiger partial charge in [-0.05, 0) is 40.8 Å². The van der Waals surface area contributed by atoms with Gasteiger partial charge in [0.1, 0.15) is 5.15 Å².